The van der Waals surface area contributed by atoms with Crippen molar-refractivity contribution in [2.45, 2.75) is 67.8 Å². The first kappa shape index (κ1) is 26.6. The molecule has 40 heavy (non-hydrogen) atoms. The number of hydrogen-bond donors (Lipinski definition) is 4. The Morgan fingerprint density at radius 3 is 2.73 bits per heavy atom. The summed E-state index contributed by atoms with van der Waals surface area (Å²) in [4.78, 5) is 16.5. The average molecular weight is 570 g/mol. The van der Waals surface area contributed by atoms with E-state index < -0.39 is 49.3 Å². The number of nitrogen functional groups attached to an aromatic ring is 1. The van der Waals surface area contributed by atoms with E-state index in [1.165, 1.54) is 29.9 Å². The molecule has 14 nitrogen and oxygen atoms in total. The Bertz CT molecular complexity index is 1540. The van der Waals surface area contributed by atoms with Crippen LogP contribution in [0.2, 0.25) is 0 Å². The molecule has 1 saturated heterocycles. The number of nitrogens with one attached hydrogen (secondary N) is 1. The molecular formula is C25H27N6O8P. The van der Waals surface area contributed by atoms with Crippen molar-refractivity contribution in [2.24, 2.45) is 0 Å². The summed E-state index contributed by atoms with van der Waals surface area (Å²) in [5, 5.41) is 39.4. The molecule has 6 rings (SSSR count). The lowest BCUT2D eigenvalue weighted by Gasteiger charge is -2.29. The summed E-state index contributed by atoms with van der Waals surface area (Å²) < 4.78 is 38.1. The Balaban J connectivity index is 1.26. The third-order valence-electron chi connectivity index (χ3n) is 7.55. The number of carbonyl (C=O) groups is 1. The monoisotopic (exact) mass is 570 g/mol. The number of aliphatic hydroxyl groups is 2. The molecule has 0 radical (unpaired) electrons. The quantitative estimate of drug-likeness (QED) is 0.212. The third kappa shape index (κ3) is 4.05. The Hall–Kier alpha value is -3.57. The van der Waals surface area contributed by atoms with Crippen LogP contribution < -0.4 is 15.3 Å². The van der Waals surface area contributed by atoms with Gasteiger partial charge < -0.3 is 29.9 Å². The minimum atomic E-state index is -4.48. The molecule has 2 aliphatic carbocycles. The molecule has 3 aliphatic rings. The number of para-hydroxylation sites is 1. The number of aliphatic hydroxyl groups excluding tert-OH is 1. The summed E-state index contributed by atoms with van der Waals surface area (Å²) in [6, 6.07) is 12.0. The van der Waals surface area contributed by atoms with Gasteiger partial charge in [-0.15, -0.1) is 0 Å². The maximum Gasteiger partial charge on any atom is 0.459 e. The van der Waals surface area contributed by atoms with Crippen LogP contribution >= 0.6 is 7.75 Å². The van der Waals surface area contributed by atoms with Crippen molar-refractivity contribution >= 4 is 25.1 Å². The van der Waals surface area contributed by atoms with Gasteiger partial charge in [-0.05, 0) is 50.5 Å². The number of esters is 1. The van der Waals surface area contributed by atoms with Crippen LogP contribution in [0.1, 0.15) is 38.0 Å². The number of nitrogens with two attached hydrogens (primary N) is 1. The summed E-state index contributed by atoms with van der Waals surface area (Å²) in [5.41, 5.74) is 2.24. The number of nitrogens with zero attached hydrogens (tertiary/aromatic N) is 4. The molecule has 0 bridgehead atoms. The van der Waals surface area contributed by atoms with Crippen molar-refractivity contribution in [3.8, 4) is 11.8 Å². The molecule has 0 spiro atoms. The van der Waals surface area contributed by atoms with Crippen LogP contribution in [-0.4, -0.2) is 66.3 Å². The molecule has 15 heteroatoms. The van der Waals surface area contributed by atoms with E-state index in [1.807, 2.05) is 6.07 Å². The highest BCUT2D eigenvalue weighted by Crippen LogP contribution is 2.68. The Morgan fingerprint density at radius 1 is 1.32 bits per heavy atom. The van der Waals surface area contributed by atoms with Crippen molar-refractivity contribution < 1.29 is 38.1 Å². The predicted octanol–water partition coefficient (Wildman–Crippen LogP) is 1.40. The molecule has 1 aliphatic heterocycles. The largest absolute Gasteiger partial charge is 0.461 e. The maximum absolute atomic E-state index is 14.0. The Kier molecular flexibility index (Phi) is 6.34. The van der Waals surface area contributed by atoms with Crippen LogP contribution in [0.3, 0.4) is 0 Å². The first-order chi connectivity index (χ1) is 19.1. The van der Waals surface area contributed by atoms with Crippen molar-refractivity contribution in [3.63, 3.8) is 0 Å². The zero-order valence-electron chi connectivity index (χ0n) is 21.3. The molecule has 0 amide bonds. The second-order valence-corrected chi connectivity index (χ2v) is 11.7. The van der Waals surface area contributed by atoms with Crippen LogP contribution in [0.4, 0.5) is 5.82 Å². The topological polar surface area (TPSA) is 204 Å². The van der Waals surface area contributed by atoms with E-state index in [-0.39, 0.29) is 17.7 Å². The number of benzene rings is 1. The second-order valence-electron chi connectivity index (χ2n) is 10.1. The molecular weight excluding hydrogens is 543 g/mol. The van der Waals surface area contributed by atoms with Crippen LogP contribution in [-0.2, 0) is 23.4 Å². The van der Waals surface area contributed by atoms with Crippen LogP contribution in [0.15, 0.2) is 48.8 Å². The lowest BCUT2D eigenvalue weighted by atomic mass is 9.96. The minimum absolute atomic E-state index is 0.137. The SMILES string of the molecule is C[C@H](N[P@@](=O)(Oc1ccccc1)OC1[C@@]2(C#N)O[C@@H](c3ccc4c(N)ncnn34)[C@H](O)[C@@]12O)C(=O)OC1CCC1. The molecule has 1 unspecified atom stereocenters. The van der Waals surface area contributed by atoms with Gasteiger partial charge in [0, 0.05) is 0 Å². The molecule has 210 valence electrons. The second kappa shape index (κ2) is 9.52. The van der Waals surface area contributed by atoms with Crippen molar-refractivity contribution in [1.82, 2.24) is 19.7 Å². The van der Waals surface area contributed by atoms with Gasteiger partial charge in [0.1, 0.15) is 48.0 Å². The summed E-state index contributed by atoms with van der Waals surface area (Å²) in [7, 11) is -4.48. The van der Waals surface area contributed by atoms with Crippen molar-refractivity contribution in [1.29, 1.82) is 5.26 Å². The van der Waals surface area contributed by atoms with Gasteiger partial charge in [0.05, 0.1) is 5.69 Å². The standard InChI is InChI=1S/C25H27N6O8P/c1-14(22(33)36-15-8-5-9-15)30-40(35,38-16-6-3-2-4-7-16)39-23-24(12-26)25(23,34)20(32)19(37-24)17-10-11-18-21(27)28-13-29-31(17)18/h2-4,6-7,10-11,13-15,19-20,23,32,34H,5,8-9H2,1H3,(H,30,35)(H2,27,28,29)/t14-,19-,20-,23?,24+,25+,40+/m0/s1. The van der Waals surface area contributed by atoms with Gasteiger partial charge in [-0.1, -0.05) is 18.2 Å². The fraction of sp³-hybridized carbons (Fsp3) is 0.440. The predicted molar refractivity (Wildman–Crippen MR) is 136 cm³/mol. The van der Waals surface area contributed by atoms with E-state index in [0.29, 0.717) is 11.2 Å². The Labute approximate surface area is 228 Å². The van der Waals surface area contributed by atoms with Gasteiger partial charge in [-0.3, -0.25) is 9.32 Å². The highest BCUT2D eigenvalue weighted by Gasteiger charge is 2.90. The number of aromatic nitrogens is 3. The third-order valence-corrected chi connectivity index (χ3v) is 9.20. The zero-order valence-corrected chi connectivity index (χ0v) is 22.2. The smallest absolute Gasteiger partial charge is 0.459 e. The van der Waals surface area contributed by atoms with E-state index >= 15 is 0 Å². The van der Waals surface area contributed by atoms with Gasteiger partial charge in [0.2, 0.25) is 5.60 Å². The average Bonchev–Trinajstić information content (AvgIpc) is 3.17. The lowest BCUT2D eigenvalue weighted by molar-refractivity contribution is -0.154. The fourth-order valence-electron chi connectivity index (χ4n) is 5.07. The number of fused-ring (bicyclic) bond motifs is 2. The molecule has 1 aromatic carbocycles. The first-order valence-electron chi connectivity index (χ1n) is 12.7. The highest BCUT2D eigenvalue weighted by molar-refractivity contribution is 7.52. The van der Waals surface area contributed by atoms with Crippen LogP contribution in [0, 0.1) is 11.3 Å². The molecule has 7 atom stereocenters. The van der Waals surface area contributed by atoms with Crippen LogP contribution in [0.5, 0.6) is 5.75 Å². The number of hydrogen-bond acceptors (Lipinski definition) is 12. The minimum Gasteiger partial charge on any atom is -0.461 e. The van der Waals surface area contributed by atoms with E-state index in [1.54, 1.807) is 30.3 Å². The number of anilines is 1. The summed E-state index contributed by atoms with van der Waals surface area (Å²) in [6.07, 6.45) is -1.04. The van der Waals surface area contributed by atoms with Gasteiger partial charge in [0.25, 0.3) is 0 Å². The lowest BCUT2D eigenvalue weighted by Crippen LogP contribution is -2.40. The van der Waals surface area contributed by atoms with Crippen molar-refractivity contribution in [2.75, 3.05) is 5.73 Å². The van der Waals surface area contributed by atoms with Crippen LogP contribution in [0.25, 0.3) is 5.52 Å². The Morgan fingerprint density at radius 2 is 2.08 bits per heavy atom. The maximum atomic E-state index is 14.0. The summed E-state index contributed by atoms with van der Waals surface area (Å²) >= 11 is 0. The van der Waals surface area contributed by atoms with Gasteiger partial charge in [-0.2, -0.15) is 15.4 Å². The highest BCUT2D eigenvalue weighted by atomic mass is 31.2. The normalized spacial score (nSPS) is 31.4. The molecule has 3 heterocycles. The van der Waals surface area contributed by atoms with E-state index in [9.17, 15) is 24.8 Å². The van der Waals surface area contributed by atoms with Gasteiger partial charge >= 0.3 is 13.7 Å². The first-order valence-corrected chi connectivity index (χ1v) is 14.2. The molecule has 2 saturated carbocycles. The van der Waals surface area contributed by atoms with Crippen molar-refractivity contribution in [3.05, 3.63) is 54.5 Å². The summed E-state index contributed by atoms with van der Waals surface area (Å²) in [5.74, 6) is -0.338. The molecule has 3 fully saturated rings. The van der Waals surface area contributed by atoms with Gasteiger partial charge in [-0.25, -0.2) is 14.1 Å². The fourth-order valence-corrected chi connectivity index (χ4v) is 6.79. The molecule has 5 N–H and O–H groups in total. The zero-order chi connectivity index (χ0) is 28.3. The molecule has 3 aromatic rings. The van der Waals surface area contributed by atoms with E-state index in [0.717, 1.165) is 19.3 Å². The number of nitriles is 1. The van der Waals surface area contributed by atoms with Gasteiger partial charge in [0.15, 0.2) is 17.5 Å². The summed E-state index contributed by atoms with van der Waals surface area (Å²) in [6.45, 7) is 1.43. The number of carbonyl (C=O) groups excluding carboxylic acids is 1. The van der Waals surface area contributed by atoms with E-state index in [4.69, 9.17) is 24.3 Å². The molecule has 2 aromatic heterocycles. The number of rotatable bonds is 9. The number of ether oxygens (including phenoxy) is 2. The van der Waals surface area contributed by atoms with E-state index in [2.05, 4.69) is 15.2 Å².